The molecule has 0 saturated carbocycles. The first-order valence-electron chi connectivity index (χ1n) is 7.05. The van der Waals surface area contributed by atoms with E-state index in [-0.39, 0.29) is 5.56 Å². The second-order valence-corrected chi connectivity index (χ2v) is 4.86. The first-order valence-corrected chi connectivity index (χ1v) is 7.05. The van der Waals surface area contributed by atoms with Crippen molar-refractivity contribution in [2.75, 3.05) is 0 Å². The van der Waals surface area contributed by atoms with Crippen molar-refractivity contribution in [3.05, 3.63) is 78.1 Å². The van der Waals surface area contributed by atoms with Crippen LogP contribution in [0, 0.1) is 0 Å². The molecule has 1 aromatic heterocycles. The fourth-order valence-corrected chi connectivity index (χ4v) is 2.14. The number of carboxylic acids is 1. The average molecular weight is 306 g/mol. The Balaban J connectivity index is 1.91. The van der Waals surface area contributed by atoms with E-state index in [9.17, 15) is 9.90 Å². The van der Waals surface area contributed by atoms with E-state index >= 15 is 0 Å². The van der Waals surface area contributed by atoms with Crippen LogP contribution in [0.1, 0.15) is 15.9 Å². The lowest BCUT2D eigenvalue weighted by atomic mass is 10.1. The molecule has 0 aliphatic carbocycles. The number of carboxylic acid groups (broad SMARTS) is 1. The summed E-state index contributed by atoms with van der Waals surface area (Å²) in [6.45, 7) is 0.292. The van der Waals surface area contributed by atoms with Gasteiger partial charge >= 0.3 is 5.97 Å². The van der Waals surface area contributed by atoms with Gasteiger partial charge in [-0.2, -0.15) is 0 Å². The second-order valence-electron chi connectivity index (χ2n) is 4.86. The Kier molecular flexibility index (Phi) is 4.29. The predicted molar refractivity (Wildman–Crippen MR) is 85.2 cm³/mol. The highest BCUT2D eigenvalue weighted by atomic mass is 16.5. The topological polar surface area (TPSA) is 72.3 Å². The van der Waals surface area contributed by atoms with Gasteiger partial charge in [0.05, 0.1) is 0 Å². The molecule has 2 aromatic carbocycles. The van der Waals surface area contributed by atoms with Crippen molar-refractivity contribution in [2.45, 2.75) is 6.61 Å². The second kappa shape index (κ2) is 6.70. The molecule has 0 bridgehead atoms. The minimum atomic E-state index is -1.03. The van der Waals surface area contributed by atoms with Gasteiger partial charge in [0.25, 0.3) is 0 Å². The van der Waals surface area contributed by atoms with Crippen LogP contribution in [0.15, 0.2) is 67.0 Å². The summed E-state index contributed by atoms with van der Waals surface area (Å²) in [6, 6.07) is 16.1. The van der Waals surface area contributed by atoms with Crippen LogP contribution in [0.5, 0.6) is 5.75 Å². The van der Waals surface area contributed by atoms with Gasteiger partial charge in [0.15, 0.2) is 5.82 Å². The number of aromatic carboxylic acids is 1. The van der Waals surface area contributed by atoms with Crippen LogP contribution in [-0.4, -0.2) is 21.0 Å². The van der Waals surface area contributed by atoms with Gasteiger partial charge < -0.3 is 9.84 Å². The molecule has 0 fully saturated rings. The molecule has 0 aliphatic heterocycles. The number of hydrogen-bond acceptors (Lipinski definition) is 4. The lowest BCUT2D eigenvalue weighted by molar-refractivity contribution is 0.0692. The van der Waals surface area contributed by atoms with Crippen LogP contribution >= 0.6 is 0 Å². The Morgan fingerprint density at radius 1 is 1.00 bits per heavy atom. The van der Waals surface area contributed by atoms with Gasteiger partial charge in [0.1, 0.15) is 17.9 Å². The summed E-state index contributed by atoms with van der Waals surface area (Å²) in [5, 5.41) is 9.31. The number of hydrogen-bond donors (Lipinski definition) is 1. The highest BCUT2D eigenvalue weighted by Gasteiger charge is 2.14. The zero-order chi connectivity index (χ0) is 16.1. The van der Waals surface area contributed by atoms with Crippen molar-refractivity contribution in [1.29, 1.82) is 0 Å². The molecular weight excluding hydrogens is 292 g/mol. The van der Waals surface area contributed by atoms with Crippen LogP contribution < -0.4 is 4.74 Å². The minimum absolute atomic E-state index is 0.112. The van der Waals surface area contributed by atoms with Gasteiger partial charge in [-0.15, -0.1) is 0 Å². The molecule has 0 aliphatic rings. The highest BCUT2D eigenvalue weighted by Crippen LogP contribution is 2.26. The first kappa shape index (κ1) is 14.7. The molecule has 5 nitrogen and oxygen atoms in total. The maximum atomic E-state index is 11.4. The van der Waals surface area contributed by atoms with E-state index in [4.69, 9.17) is 4.74 Å². The smallest absolute Gasteiger partial charge is 0.339 e. The normalized spacial score (nSPS) is 10.3. The third-order valence-corrected chi connectivity index (χ3v) is 3.27. The molecule has 3 rings (SSSR count). The predicted octanol–water partition coefficient (Wildman–Crippen LogP) is 3.42. The van der Waals surface area contributed by atoms with Crippen LogP contribution in [0.25, 0.3) is 11.4 Å². The van der Waals surface area contributed by atoms with Crippen LogP contribution in [0.4, 0.5) is 0 Å². The monoisotopic (exact) mass is 306 g/mol. The maximum Gasteiger partial charge on any atom is 0.339 e. The summed E-state index contributed by atoms with van der Waals surface area (Å²) < 4.78 is 5.71. The number of ether oxygens (including phenoxy) is 1. The van der Waals surface area contributed by atoms with Gasteiger partial charge in [-0.25, -0.2) is 14.8 Å². The summed E-state index contributed by atoms with van der Waals surface area (Å²) >= 11 is 0. The highest BCUT2D eigenvalue weighted by molar-refractivity contribution is 5.91. The van der Waals surface area contributed by atoms with Crippen LogP contribution in [0.3, 0.4) is 0 Å². The van der Waals surface area contributed by atoms with Gasteiger partial charge in [0, 0.05) is 18.0 Å². The van der Waals surface area contributed by atoms with Gasteiger partial charge in [-0.3, -0.25) is 0 Å². The molecular formula is C18H14N2O3. The van der Waals surface area contributed by atoms with Crippen molar-refractivity contribution >= 4 is 5.97 Å². The third-order valence-electron chi connectivity index (χ3n) is 3.27. The molecule has 114 valence electrons. The molecule has 0 atom stereocenters. The van der Waals surface area contributed by atoms with Gasteiger partial charge in [0.2, 0.25) is 0 Å². The fourth-order valence-electron chi connectivity index (χ4n) is 2.14. The number of nitrogens with zero attached hydrogens (tertiary/aromatic N) is 2. The summed E-state index contributed by atoms with van der Waals surface area (Å²) in [7, 11) is 0. The molecule has 1 N–H and O–H groups in total. The summed E-state index contributed by atoms with van der Waals surface area (Å²) in [5.41, 5.74) is 1.78. The number of carbonyl (C=O) groups is 1. The lowest BCUT2D eigenvalue weighted by Crippen LogP contribution is -2.04. The van der Waals surface area contributed by atoms with Crippen molar-refractivity contribution < 1.29 is 14.6 Å². The number of rotatable bonds is 5. The van der Waals surface area contributed by atoms with E-state index in [0.717, 1.165) is 5.56 Å². The van der Waals surface area contributed by atoms with E-state index in [0.29, 0.717) is 23.7 Å². The van der Waals surface area contributed by atoms with E-state index in [1.54, 1.807) is 30.6 Å². The Morgan fingerprint density at radius 3 is 2.43 bits per heavy atom. The Morgan fingerprint density at radius 2 is 1.74 bits per heavy atom. The van der Waals surface area contributed by atoms with E-state index in [1.165, 1.54) is 6.07 Å². The fraction of sp³-hybridized carbons (Fsp3) is 0.0556. The SMILES string of the molecule is O=C(O)c1ccc(-c2ncccn2)cc1OCc1ccccc1. The molecule has 0 unspecified atom stereocenters. The number of benzene rings is 2. The largest absolute Gasteiger partial charge is 0.488 e. The first-order chi connectivity index (χ1) is 11.2. The standard InChI is InChI=1S/C18H14N2O3/c21-18(22)15-8-7-14(17-19-9-4-10-20-17)11-16(15)23-12-13-5-2-1-3-6-13/h1-11H,12H2,(H,21,22). The third kappa shape index (κ3) is 3.52. The zero-order valence-corrected chi connectivity index (χ0v) is 12.2. The van der Waals surface area contributed by atoms with Gasteiger partial charge in [-0.1, -0.05) is 36.4 Å². The molecule has 5 heteroatoms. The van der Waals surface area contributed by atoms with Crippen molar-refractivity contribution in [1.82, 2.24) is 9.97 Å². The van der Waals surface area contributed by atoms with Crippen molar-refractivity contribution in [3.8, 4) is 17.1 Å². The Labute approximate surface area is 133 Å². The van der Waals surface area contributed by atoms with Crippen LogP contribution in [-0.2, 0) is 6.61 Å². The quantitative estimate of drug-likeness (QED) is 0.782. The zero-order valence-electron chi connectivity index (χ0n) is 12.2. The van der Waals surface area contributed by atoms with Crippen molar-refractivity contribution in [2.24, 2.45) is 0 Å². The summed E-state index contributed by atoms with van der Waals surface area (Å²) in [6.07, 6.45) is 3.27. The van der Waals surface area contributed by atoms with Gasteiger partial charge in [-0.05, 0) is 23.8 Å². The van der Waals surface area contributed by atoms with Crippen LogP contribution in [0.2, 0.25) is 0 Å². The molecule has 3 aromatic rings. The molecule has 0 amide bonds. The number of aromatic nitrogens is 2. The Hall–Kier alpha value is -3.21. The van der Waals surface area contributed by atoms with E-state index < -0.39 is 5.97 Å². The molecule has 23 heavy (non-hydrogen) atoms. The molecule has 0 saturated heterocycles. The summed E-state index contributed by atoms with van der Waals surface area (Å²) in [4.78, 5) is 19.7. The molecule has 0 radical (unpaired) electrons. The maximum absolute atomic E-state index is 11.4. The lowest BCUT2D eigenvalue weighted by Gasteiger charge is -2.11. The van der Waals surface area contributed by atoms with E-state index in [1.807, 2.05) is 30.3 Å². The summed E-state index contributed by atoms with van der Waals surface area (Å²) in [5.74, 6) is -0.214. The van der Waals surface area contributed by atoms with Crippen molar-refractivity contribution in [3.63, 3.8) is 0 Å². The minimum Gasteiger partial charge on any atom is -0.488 e. The average Bonchev–Trinajstić information content (AvgIpc) is 2.61. The van der Waals surface area contributed by atoms with E-state index in [2.05, 4.69) is 9.97 Å². The molecule has 0 spiro atoms. The Bertz CT molecular complexity index is 805. The molecule has 1 heterocycles.